The molecule has 1 heterocycles. The second kappa shape index (κ2) is 7.84. The van der Waals surface area contributed by atoms with E-state index < -0.39 is 17.1 Å². The number of hydrogen-bond acceptors (Lipinski definition) is 5. The molecule has 6 nitrogen and oxygen atoms in total. The molecule has 2 atom stereocenters. The van der Waals surface area contributed by atoms with Gasteiger partial charge >= 0.3 is 0 Å². The number of allylic oxidation sites excluding steroid dienone is 2. The Morgan fingerprint density at radius 3 is 2.77 bits per heavy atom. The number of nitrogens with zero attached hydrogens (tertiary/aromatic N) is 1. The van der Waals surface area contributed by atoms with Crippen LogP contribution in [-0.2, 0) is 19.1 Å². The van der Waals surface area contributed by atoms with Gasteiger partial charge in [0.05, 0.1) is 28.7 Å². The van der Waals surface area contributed by atoms with Gasteiger partial charge in [0.15, 0.2) is 6.17 Å². The quantitative estimate of drug-likeness (QED) is 0.511. The van der Waals surface area contributed by atoms with Crippen molar-refractivity contribution in [1.82, 2.24) is 4.90 Å². The van der Waals surface area contributed by atoms with Gasteiger partial charge in [-0.3, -0.25) is 9.59 Å². The van der Waals surface area contributed by atoms with Crippen molar-refractivity contribution in [2.75, 3.05) is 26.3 Å². The van der Waals surface area contributed by atoms with Gasteiger partial charge in [-0.15, -0.1) is 11.6 Å². The average molecular weight is 407 g/mol. The Balaban J connectivity index is 1.37. The number of likely N-dealkylation sites (tertiary alicyclic amines) is 1. The minimum Gasteiger partial charge on any atom is -0.466 e. The Hall–Kier alpha value is -1.15. The third kappa shape index (κ3) is 4.22. The van der Waals surface area contributed by atoms with Crippen molar-refractivity contribution < 1.29 is 23.5 Å². The van der Waals surface area contributed by atoms with Crippen molar-refractivity contribution in [3.05, 3.63) is 22.8 Å². The number of alkyl halides is 2. The average Bonchev–Trinajstić information content (AvgIpc) is 2.53. The maximum absolute atomic E-state index is 13.5. The largest absolute Gasteiger partial charge is 0.466 e. The van der Waals surface area contributed by atoms with Crippen LogP contribution in [0.15, 0.2) is 22.8 Å². The third-order valence-electron chi connectivity index (χ3n) is 4.98. The molecule has 26 heavy (non-hydrogen) atoms. The molecule has 0 radical (unpaired) electrons. The zero-order valence-electron chi connectivity index (χ0n) is 14.1. The van der Waals surface area contributed by atoms with E-state index in [0.717, 1.165) is 5.57 Å². The number of rotatable bonds is 7. The van der Waals surface area contributed by atoms with Crippen LogP contribution in [0, 0.1) is 5.92 Å². The fraction of sp³-hybridized carbons (Fsp3) is 0.647. The SMILES string of the molecule is NC1(COC=O)CC(C(=O)N2CC(OCC3=CC(Cl)C(F)C(Cl)=C3)C2)C1. The lowest BCUT2D eigenvalue weighted by molar-refractivity contribution is -0.155. The number of halogens is 3. The molecular formula is C17H21Cl2FN2O4. The first-order valence-electron chi connectivity index (χ1n) is 8.42. The first-order valence-corrected chi connectivity index (χ1v) is 9.23. The van der Waals surface area contributed by atoms with Crippen LogP contribution in [-0.4, -0.2) is 66.8 Å². The predicted octanol–water partition coefficient (Wildman–Crippen LogP) is 1.50. The van der Waals surface area contributed by atoms with Gasteiger partial charge in [0.2, 0.25) is 5.91 Å². The van der Waals surface area contributed by atoms with Crippen LogP contribution in [0.5, 0.6) is 0 Å². The summed E-state index contributed by atoms with van der Waals surface area (Å²) in [6, 6.07) is 0. The molecule has 2 unspecified atom stereocenters. The van der Waals surface area contributed by atoms with Gasteiger partial charge in [-0.1, -0.05) is 17.7 Å². The molecular weight excluding hydrogens is 386 g/mol. The van der Waals surface area contributed by atoms with Gasteiger partial charge < -0.3 is 20.1 Å². The number of hydrogen-bond donors (Lipinski definition) is 1. The Morgan fingerprint density at radius 2 is 2.15 bits per heavy atom. The summed E-state index contributed by atoms with van der Waals surface area (Å²) >= 11 is 11.7. The van der Waals surface area contributed by atoms with Crippen molar-refractivity contribution in [2.45, 2.75) is 36.0 Å². The molecule has 1 aliphatic heterocycles. The van der Waals surface area contributed by atoms with Gasteiger partial charge in [0.25, 0.3) is 6.47 Å². The molecule has 0 aromatic rings. The van der Waals surface area contributed by atoms with Crippen molar-refractivity contribution in [2.24, 2.45) is 11.7 Å². The molecule has 2 aliphatic carbocycles. The van der Waals surface area contributed by atoms with Gasteiger partial charge in [0, 0.05) is 19.0 Å². The van der Waals surface area contributed by atoms with E-state index in [1.165, 1.54) is 6.08 Å². The number of nitrogens with two attached hydrogens (primary N) is 1. The summed E-state index contributed by atoms with van der Waals surface area (Å²) in [5, 5.41) is -0.714. The topological polar surface area (TPSA) is 81.9 Å². The molecule has 0 aromatic carbocycles. The molecule has 9 heteroatoms. The van der Waals surface area contributed by atoms with Crippen LogP contribution in [0.3, 0.4) is 0 Å². The van der Waals surface area contributed by atoms with Crippen LogP contribution < -0.4 is 5.73 Å². The second-order valence-electron chi connectivity index (χ2n) is 7.17. The normalized spacial score (nSPS) is 34.3. The summed E-state index contributed by atoms with van der Waals surface area (Å²) in [7, 11) is 0. The molecule has 0 aromatic heterocycles. The van der Waals surface area contributed by atoms with Crippen molar-refractivity contribution in [1.29, 1.82) is 0 Å². The number of ether oxygens (including phenoxy) is 2. The highest BCUT2D eigenvalue weighted by Crippen LogP contribution is 2.38. The third-order valence-corrected chi connectivity index (χ3v) is 5.64. The highest BCUT2D eigenvalue weighted by molar-refractivity contribution is 6.32. The van der Waals surface area contributed by atoms with E-state index in [-0.39, 0.29) is 36.2 Å². The van der Waals surface area contributed by atoms with E-state index >= 15 is 0 Å². The molecule has 2 fully saturated rings. The minimum absolute atomic E-state index is 0.0537. The monoisotopic (exact) mass is 406 g/mol. The first kappa shape index (κ1) is 19.6. The number of carbonyl (C=O) groups excluding carboxylic acids is 2. The van der Waals surface area contributed by atoms with Gasteiger partial charge in [-0.25, -0.2) is 4.39 Å². The Morgan fingerprint density at radius 1 is 1.46 bits per heavy atom. The fourth-order valence-corrected chi connectivity index (χ4v) is 4.08. The molecule has 3 rings (SSSR count). The van der Waals surface area contributed by atoms with Gasteiger partial charge in [-0.05, 0) is 24.5 Å². The van der Waals surface area contributed by atoms with Crippen LogP contribution in [0.1, 0.15) is 12.8 Å². The van der Waals surface area contributed by atoms with E-state index in [1.54, 1.807) is 11.0 Å². The summed E-state index contributed by atoms with van der Waals surface area (Å²) in [6.07, 6.45) is 2.70. The van der Waals surface area contributed by atoms with E-state index in [1.807, 2.05) is 0 Å². The fourth-order valence-electron chi connectivity index (χ4n) is 3.45. The van der Waals surface area contributed by atoms with Gasteiger partial charge in [0.1, 0.15) is 6.61 Å². The van der Waals surface area contributed by atoms with Crippen molar-refractivity contribution >= 4 is 35.6 Å². The Kier molecular flexibility index (Phi) is 5.91. The van der Waals surface area contributed by atoms with E-state index in [9.17, 15) is 14.0 Å². The zero-order valence-corrected chi connectivity index (χ0v) is 15.6. The standard InChI is InChI=1S/C17H21Cl2FN2O4/c18-13-1-10(2-14(19)15(13)20)7-26-12-5-22(6-12)16(24)11-3-17(21,4-11)8-25-9-23/h1-2,9,11-13,15H,3-8,21H2. The summed E-state index contributed by atoms with van der Waals surface area (Å²) in [4.78, 5) is 24.3. The van der Waals surface area contributed by atoms with E-state index in [4.69, 9.17) is 38.4 Å². The predicted molar refractivity (Wildman–Crippen MR) is 94.5 cm³/mol. The molecule has 0 spiro atoms. The van der Waals surface area contributed by atoms with E-state index in [0.29, 0.717) is 32.4 Å². The molecule has 2 N–H and O–H groups in total. The lowest BCUT2D eigenvalue weighted by Crippen LogP contribution is -2.63. The highest BCUT2D eigenvalue weighted by atomic mass is 35.5. The van der Waals surface area contributed by atoms with Crippen LogP contribution in [0.4, 0.5) is 4.39 Å². The Bertz CT molecular complexity index is 630. The summed E-state index contributed by atoms with van der Waals surface area (Å²) in [6.45, 7) is 1.80. The zero-order chi connectivity index (χ0) is 18.9. The summed E-state index contributed by atoms with van der Waals surface area (Å²) < 4.78 is 23.9. The van der Waals surface area contributed by atoms with Crippen LogP contribution in [0.25, 0.3) is 0 Å². The molecule has 1 saturated carbocycles. The molecule has 0 bridgehead atoms. The maximum atomic E-state index is 13.5. The van der Waals surface area contributed by atoms with Crippen LogP contribution in [0.2, 0.25) is 0 Å². The van der Waals surface area contributed by atoms with Crippen LogP contribution >= 0.6 is 23.2 Å². The summed E-state index contributed by atoms with van der Waals surface area (Å²) in [5.41, 5.74) is 6.17. The minimum atomic E-state index is -1.38. The highest BCUT2D eigenvalue weighted by Gasteiger charge is 2.48. The lowest BCUT2D eigenvalue weighted by Gasteiger charge is -2.48. The van der Waals surface area contributed by atoms with Gasteiger partial charge in [-0.2, -0.15) is 0 Å². The smallest absolute Gasteiger partial charge is 0.293 e. The molecule has 1 amide bonds. The second-order valence-corrected chi connectivity index (χ2v) is 8.11. The molecule has 1 saturated heterocycles. The van der Waals surface area contributed by atoms with E-state index in [2.05, 4.69) is 0 Å². The molecule has 144 valence electrons. The number of carbonyl (C=O) groups is 2. The van der Waals surface area contributed by atoms with Crippen molar-refractivity contribution in [3.63, 3.8) is 0 Å². The lowest BCUT2D eigenvalue weighted by atomic mass is 9.68. The number of amides is 1. The first-order chi connectivity index (χ1) is 12.3. The molecule has 3 aliphatic rings. The Labute approximate surface area is 161 Å². The summed E-state index contributed by atoms with van der Waals surface area (Å²) in [5.74, 6) is -0.0737. The van der Waals surface area contributed by atoms with Crippen molar-refractivity contribution in [3.8, 4) is 0 Å². The maximum Gasteiger partial charge on any atom is 0.293 e.